The van der Waals surface area contributed by atoms with Crippen LogP contribution in [-0.4, -0.2) is 17.6 Å². The average Bonchev–Trinajstić information content (AvgIpc) is 3.47. The highest BCUT2D eigenvalue weighted by Crippen LogP contribution is 2.42. The Kier molecular flexibility index (Phi) is 9.39. The van der Waals surface area contributed by atoms with E-state index in [2.05, 4.69) is 35.9 Å². The number of furan rings is 1. The molecule has 0 saturated carbocycles. The Morgan fingerprint density at radius 1 is 1.14 bits per heavy atom. The molecule has 2 aromatic carbocycles. The van der Waals surface area contributed by atoms with Crippen LogP contribution in [0.4, 0.5) is 24.5 Å². The molecule has 1 aliphatic rings. The van der Waals surface area contributed by atoms with Gasteiger partial charge in [0.2, 0.25) is 5.91 Å². The van der Waals surface area contributed by atoms with Crippen molar-refractivity contribution in [2.45, 2.75) is 38.8 Å². The van der Waals surface area contributed by atoms with Gasteiger partial charge in [0, 0.05) is 11.4 Å². The highest BCUT2D eigenvalue weighted by Gasteiger charge is 2.37. The van der Waals surface area contributed by atoms with E-state index in [4.69, 9.17) is 16.0 Å². The predicted molar refractivity (Wildman–Crippen MR) is 157 cm³/mol. The first-order valence-electron chi connectivity index (χ1n) is 12.7. The second-order valence-corrected chi connectivity index (χ2v) is 11.1. The van der Waals surface area contributed by atoms with Crippen molar-refractivity contribution in [1.82, 2.24) is 5.32 Å². The fourth-order valence-electron chi connectivity index (χ4n) is 4.34. The van der Waals surface area contributed by atoms with Gasteiger partial charge in [-0.2, -0.15) is 18.4 Å². The lowest BCUT2D eigenvalue weighted by molar-refractivity contribution is -0.137. The largest absolute Gasteiger partial charge is 0.468 e. The van der Waals surface area contributed by atoms with Crippen LogP contribution >= 0.6 is 23.4 Å². The number of nitrogens with one attached hydrogen (secondary N) is 3. The van der Waals surface area contributed by atoms with Gasteiger partial charge in [-0.1, -0.05) is 49.3 Å². The number of carbonyl (C=O) groups excluding carboxylic acids is 2. The van der Waals surface area contributed by atoms with Crippen molar-refractivity contribution < 1.29 is 27.2 Å². The number of amides is 2. The third kappa shape index (κ3) is 7.01. The van der Waals surface area contributed by atoms with Gasteiger partial charge in [-0.05, 0) is 60.9 Å². The number of benzene rings is 2. The van der Waals surface area contributed by atoms with Gasteiger partial charge in [0.05, 0.1) is 56.5 Å². The van der Waals surface area contributed by atoms with Crippen LogP contribution in [0.5, 0.6) is 0 Å². The first kappa shape index (κ1) is 30.8. The van der Waals surface area contributed by atoms with E-state index >= 15 is 0 Å². The summed E-state index contributed by atoms with van der Waals surface area (Å²) < 4.78 is 45.4. The van der Waals surface area contributed by atoms with Crippen LogP contribution in [-0.2, 0) is 15.8 Å². The van der Waals surface area contributed by atoms with Crippen LogP contribution < -0.4 is 16.0 Å². The Labute approximate surface area is 249 Å². The van der Waals surface area contributed by atoms with Gasteiger partial charge in [0.15, 0.2) is 0 Å². The molecule has 2 heterocycles. The molecule has 0 radical (unpaired) electrons. The van der Waals surface area contributed by atoms with Gasteiger partial charge in [0.1, 0.15) is 5.76 Å². The van der Waals surface area contributed by atoms with Crippen LogP contribution in [0, 0.1) is 11.3 Å². The number of thioether (sulfide) groups is 1. The molecular weight excluding hydrogens is 589 g/mol. The minimum Gasteiger partial charge on any atom is -0.468 e. The number of rotatable bonds is 8. The van der Waals surface area contributed by atoms with Crippen LogP contribution in [0.3, 0.4) is 0 Å². The molecular formula is C30H26ClF3N4O3S. The topological polar surface area (TPSA) is 107 Å². The molecule has 3 aromatic rings. The van der Waals surface area contributed by atoms with E-state index < -0.39 is 23.6 Å². The van der Waals surface area contributed by atoms with Crippen molar-refractivity contribution >= 4 is 46.6 Å². The second kappa shape index (κ2) is 12.8. The number of halogens is 4. The van der Waals surface area contributed by atoms with Crippen LogP contribution in [0.25, 0.3) is 0 Å². The first-order valence-corrected chi connectivity index (χ1v) is 14.1. The second-order valence-electron chi connectivity index (χ2n) is 9.73. The van der Waals surface area contributed by atoms with Gasteiger partial charge in [0.25, 0.3) is 5.91 Å². The predicted octanol–water partition coefficient (Wildman–Crippen LogP) is 7.78. The SMILES string of the molecule is CC1=C(C(=O)Nc2cc(C(F)(F)F)ccc2Cl)[C@H](c2ccco2)C(C#N)=C(SCC(=O)Nc2ccc(C(C)C)cc2)N1. The van der Waals surface area contributed by atoms with Gasteiger partial charge in [-0.25, -0.2) is 0 Å². The molecule has 0 unspecified atom stereocenters. The monoisotopic (exact) mass is 614 g/mol. The molecule has 12 heteroatoms. The van der Waals surface area contributed by atoms with Crippen molar-refractivity contribution in [3.8, 4) is 6.07 Å². The molecule has 0 aliphatic carbocycles. The zero-order chi connectivity index (χ0) is 30.6. The molecule has 0 spiro atoms. The average molecular weight is 615 g/mol. The summed E-state index contributed by atoms with van der Waals surface area (Å²) in [6.45, 7) is 5.73. The maximum atomic E-state index is 13.5. The molecule has 1 atom stereocenters. The summed E-state index contributed by atoms with van der Waals surface area (Å²) in [7, 11) is 0. The summed E-state index contributed by atoms with van der Waals surface area (Å²) in [5, 5.41) is 18.7. The Morgan fingerprint density at radius 2 is 1.86 bits per heavy atom. The lowest BCUT2D eigenvalue weighted by Crippen LogP contribution is -2.31. The van der Waals surface area contributed by atoms with E-state index in [1.807, 2.05) is 24.3 Å². The van der Waals surface area contributed by atoms with Crippen molar-refractivity contribution in [2.24, 2.45) is 0 Å². The van der Waals surface area contributed by atoms with Gasteiger partial charge in [-0.15, -0.1) is 0 Å². The summed E-state index contributed by atoms with van der Waals surface area (Å²) in [4.78, 5) is 26.2. The summed E-state index contributed by atoms with van der Waals surface area (Å²) in [6.07, 6.45) is -3.26. The molecule has 0 fully saturated rings. The molecule has 7 nitrogen and oxygen atoms in total. The van der Waals surface area contributed by atoms with Crippen molar-refractivity contribution in [2.75, 3.05) is 16.4 Å². The maximum absolute atomic E-state index is 13.5. The number of hydrogen-bond donors (Lipinski definition) is 3. The first-order chi connectivity index (χ1) is 19.9. The van der Waals surface area contributed by atoms with E-state index in [9.17, 15) is 28.0 Å². The fourth-order valence-corrected chi connectivity index (χ4v) is 5.40. The third-order valence-electron chi connectivity index (χ3n) is 6.47. The summed E-state index contributed by atoms with van der Waals surface area (Å²) >= 11 is 7.17. The molecule has 2 amide bonds. The number of nitriles is 1. The van der Waals surface area contributed by atoms with E-state index in [1.54, 1.807) is 19.1 Å². The number of dihydropyridines is 1. The minimum atomic E-state index is -4.64. The Balaban J connectivity index is 1.57. The maximum Gasteiger partial charge on any atom is 0.416 e. The molecule has 3 N–H and O–H groups in total. The minimum absolute atomic E-state index is 0.0427. The molecule has 1 aliphatic heterocycles. The summed E-state index contributed by atoms with van der Waals surface area (Å²) in [5.41, 5.74) is 1.03. The van der Waals surface area contributed by atoms with Crippen LogP contribution in [0.1, 0.15) is 49.5 Å². The van der Waals surface area contributed by atoms with Gasteiger partial charge >= 0.3 is 6.18 Å². The van der Waals surface area contributed by atoms with Crippen molar-refractivity contribution in [3.63, 3.8) is 0 Å². The van der Waals surface area contributed by atoms with Crippen LogP contribution in [0.15, 0.2) is 87.1 Å². The van der Waals surface area contributed by atoms with Gasteiger partial charge < -0.3 is 20.4 Å². The molecule has 0 bridgehead atoms. The number of nitrogens with zero attached hydrogens (tertiary/aromatic N) is 1. The number of hydrogen-bond acceptors (Lipinski definition) is 6. The molecule has 218 valence electrons. The zero-order valence-corrected chi connectivity index (χ0v) is 24.3. The number of anilines is 2. The normalized spacial score (nSPS) is 15.4. The number of allylic oxidation sites excluding steroid dienone is 2. The molecule has 4 rings (SSSR count). The number of alkyl halides is 3. The standard InChI is InChI=1S/C30H26ClF3N4O3S/c1-16(2)18-6-9-20(10-7-18)37-25(39)15-42-29-21(14-35)27(24-5-4-12-41-24)26(17(3)36-29)28(40)38-23-13-19(30(32,33)34)8-11-22(23)31/h4-13,16,27,36H,15H2,1-3H3,(H,37,39)(H,38,40)/t27-/m0/s1. The molecule has 1 aromatic heterocycles. The highest BCUT2D eigenvalue weighted by molar-refractivity contribution is 8.03. The quantitative estimate of drug-likeness (QED) is 0.239. The molecule has 0 saturated heterocycles. The highest BCUT2D eigenvalue weighted by atomic mass is 35.5. The number of carbonyl (C=O) groups is 2. The fraction of sp³-hybridized carbons (Fsp3) is 0.233. The Morgan fingerprint density at radius 3 is 2.45 bits per heavy atom. The van der Waals surface area contributed by atoms with E-state index in [1.165, 1.54) is 6.26 Å². The van der Waals surface area contributed by atoms with E-state index in [0.717, 1.165) is 35.5 Å². The van der Waals surface area contributed by atoms with Gasteiger partial charge in [-0.3, -0.25) is 9.59 Å². The van der Waals surface area contributed by atoms with E-state index in [-0.39, 0.29) is 39.3 Å². The lowest BCUT2D eigenvalue weighted by atomic mass is 9.85. The van der Waals surface area contributed by atoms with Crippen molar-refractivity contribution in [3.05, 3.63) is 105 Å². The Hall–Kier alpha value is -4.14. The zero-order valence-electron chi connectivity index (χ0n) is 22.7. The smallest absolute Gasteiger partial charge is 0.416 e. The lowest BCUT2D eigenvalue weighted by Gasteiger charge is -2.28. The summed E-state index contributed by atoms with van der Waals surface area (Å²) in [5.74, 6) is -1.50. The van der Waals surface area contributed by atoms with Crippen molar-refractivity contribution in [1.29, 1.82) is 5.26 Å². The van der Waals surface area contributed by atoms with Crippen LogP contribution in [0.2, 0.25) is 5.02 Å². The van der Waals surface area contributed by atoms with E-state index in [0.29, 0.717) is 22.3 Å². The molecule has 42 heavy (non-hydrogen) atoms. The summed E-state index contributed by atoms with van der Waals surface area (Å²) in [6, 6.07) is 15.4. The third-order valence-corrected chi connectivity index (χ3v) is 7.82. The Bertz CT molecular complexity index is 1590.